The number of hydrogen-bond donors (Lipinski definition) is 2. The zero-order chi connectivity index (χ0) is 19.5. The van der Waals surface area contributed by atoms with Gasteiger partial charge in [-0.3, -0.25) is 14.6 Å². The molecule has 0 aromatic heterocycles. The molecule has 7 nitrogen and oxygen atoms in total. The van der Waals surface area contributed by atoms with Crippen molar-refractivity contribution in [3.05, 3.63) is 29.8 Å². The van der Waals surface area contributed by atoms with E-state index in [2.05, 4.69) is 17.0 Å². The van der Waals surface area contributed by atoms with Gasteiger partial charge in [0.25, 0.3) is 0 Å². The number of anilines is 1. The Balaban J connectivity index is 1.33. The molecular weight excluding hydrogens is 356 g/mol. The lowest BCUT2D eigenvalue weighted by Gasteiger charge is -2.25. The van der Waals surface area contributed by atoms with E-state index in [9.17, 15) is 14.7 Å². The zero-order valence-electron chi connectivity index (χ0n) is 16.1. The molecule has 5 rings (SSSR count). The van der Waals surface area contributed by atoms with E-state index in [0.29, 0.717) is 19.5 Å². The summed E-state index contributed by atoms with van der Waals surface area (Å²) >= 11 is 0. The van der Waals surface area contributed by atoms with Crippen LogP contribution in [0.15, 0.2) is 24.3 Å². The first-order valence-electron chi connectivity index (χ1n) is 10.3. The van der Waals surface area contributed by atoms with E-state index in [1.807, 2.05) is 12.1 Å². The van der Waals surface area contributed by atoms with Gasteiger partial charge in [0, 0.05) is 37.3 Å². The molecular formula is C21H28N4O3. The minimum absolute atomic E-state index is 0.115. The monoisotopic (exact) mass is 384 g/mol. The van der Waals surface area contributed by atoms with Gasteiger partial charge in [-0.25, -0.2) is 4.79 Å². The number of aliphatic hydroxyl groups excluding tert-OH is 1. The molecule has 1 aromatic rings. The molecule has 1 unspecified atom stereocenters. The van der Waals surface area contributed by atoms with Crippen LogP contribution in [0.1, 0.15) is 37.7 Å². The number of rotatable bonds is 5. The molecule has 2 atom stereocenters. The summed E-state index contributed by atoms with van der Waals surface area (Å²) in [4.78, 5) is 30.7. The molecule has 1 saturated carbocycles. The van der Waals surface area contributed by atoms with Crippen molar-refractivity contribution in [1.29, 1.82) is 0 Å². The highest BCUT2D eigenvalue weighted by molar-refractivity contribution is 6.02. The van der Waals surface area contributed by atoms with Crippen molar-refractivity contribution >= 4 is 17.6 Å². The van der Waals surface area contributed by atoms with Crippen molar-refractivity contribution in [2.75, 3.05) is 37.6 Å². The van der Waals surface area contributed by atoms with Crippen LogP contribution in [0.3, 0.4) is 0 Å². The third kappa shape index (κ3) is 2.63. The summed E-state index contributed by atoms with van der Waals surface area (Å²) < 4.78 is 0. The van der Waals surface area contributed by atoms with Gasteiger partial charge in [0.15, 0.2) is 0 Å². The lowest BCUT2D eigenvalue weighted by atomic mass is 9.94. The molecule has 3 aliphatic heterocycles. The van der Waals surface area contributed by atoms with Crippen LogP contribution in [0.5, 0.6) is 0 Å². The average Bonchev–Trinajstić information content (AvgIpc) is 3.01. The maximum Gasteiger partial charge on any atom is 0.325 e. The summed E-state index contributed by atoms with van der Waals surface area (Å²) in [5.74, 6) is -0.401. The van der Waals surface area contributed by atoms with E-state index in [4.69, 9.17) is 5.73 Å². The SMILES string of the molecule is NC(=O)[C@]12CCCN1C(=O)N(c1ccc(C3(CN4CCC(O)C4)CC3)cc1)C2. The molecule has 4 fully saturated rings. The minimum atomic E-state index is -0.843. The van der Waals surface area contributed by atoms with Gasteiger partial charge in [0.1, 0.15) is 5.54 Å². The molecule has 3 amide bonds. The Hall–Kier alpha value is -2.12. The standard InChI is InChI=1S/C21H28N4O3/c22-18(27)21-7-1-10-25(21)19(28)24(14-21)16-4-2-15(3-5-16)20(8-9-20)13-23-11-6-17(26)12-23/h2-5,17,26H,1,6-14H2,(H2,22,27)/t17?,21-/m1/s1. The second-order valence-electron chi connectivity index (χ2n) is 9.02. The number of carbonyl (C=O) groups is 2. The number of urea groups is 1. The molecule has 4 aliphatic rings. The lowest BCUT2D eigenvalue weighted by Crippen LogP contribution is -2.52. The van der Waals surface area contributed by atoms with Crippen LogP contribution < -0.4 is 10.6 Å². The van der Waals surface area contributed by atoms with Gasteiger partial charge < -0.3 is 15.7 Å². The molecule has 150 valence electrons. The number of hydrogen-bond acceptors (Lipinski definition) is 4. The van der Waals surface area contributed by atoms with E-state index >= 15 is 0 Å². The Labute approximate surface area is 165 Å². The van der Waals surface area contributed by atoms with Crippen LogP contribution in [0.25, 0.3) is 0 Å². The minimum Gasteiger partial charge on any atom is -0.392 e. The lowest BCUT2D eigenvalue weighted by molar-refractivity contribution is -0.125. The summed E-state index contributed by atoms with van der Waals surface area (Å²) in [5.41, 5.74) is 7.14. The van der Waals surface area contributed by atoms with Gasteiger partial charge in [-0.1, -0.05) is 12.1 Å². The fourth-order valence-electron chi connectivity index (χ4n) is 5.40. The molecule has 1 aliphatic carbocycles. The largest absolute Gasteiger partial charge is 0.392 e. The molecule has 3 heterocycles. The summed E-state index contributed by atoms with van der Waals surface area (Å²) in [6.45, 7) is 3.67. The van der Waals surface area contributed by atoms with Crippen LogP contribution in [-0.2, 0) is 10.2 Å². The predicted molar refractivity (Wildman–Crippen MR) is 105 cm³/mol. The number of primary amides is 1. The number of nitrogens with two attached hydrogens (primary N) is 1. The Morgan fingerprint density at radius 3 is 2.50 bits per heavy atom. The Morgan fingerprint density at radius 2 is 1.93 bits per heavy atom. The van der Waals surface area contributed by atoms with E-state index < -0.39 is 11.4 Å². The first-order chi connectivity index (χ1) is 13.4. The van der Waals surface area contributed by atoms with Gasteiger partial charge in [0.05, 0.1) is 12.6 Å². The van der Waals surface area contributed by atoms with Crippen molar-refractivity contribution in [3.8, 4) is 0 Å². The molecule has 3 N–H and O–H groups in total. The average molecular weight is 384 g/mol. The first-order valence-corrected chi connectivity index (χ1v) is 10.3. The van der Waals surface area contributed by atoms with Crippen molar-refractivity contribution in [1.82, 2.24) is 9.80 Å². The highest BCUT2D eigenvalue weighted by Crippen LogP contribution is 2.49. The Kier molecular flexibility index (Phi) is 3.97. The number of aliphatic hydroxyl groups is 1. The van der Waals surface area contributed by atoms with E-state index in [-0.39, 0.29) is 17.6 Å². The molecule has 0 radical (unpaired) electrons. The second kappa shape index (κ2) is 6.19. The highest BCUT2D eigenvalue weighted by atomic mass is 16.3. The highest BCUT2D eigenvalue weighted by Gasteiger charge is 2.56. The van der Waals surface area contributed by atoms with Crippen molar-refractivity contribution in [2.24, 2.45) is 5.73 Å². The molecule has 28 heavy (non-hydrogen) atoms. The van der Waals surface area contributed by atoms with Gasteiger partial charge in [-0.2, -0.15) is 0 Å². The third-order valence-electron chi connectivity index (χ3n) is 7.25. The van der Waals surface area contributed by atoms with Crippen LogP contribution in [0.4, 0.5) is 10.5 Å². The number of benzene rings is 1. The predicted octanol–water partition coefficient (Wildman–Crippen LogP) is 1.04. The van der Waals surface area contributed by atoms with Gasteiger partial charge in [-0.05, 0) is 49.8 Å². The summed E-state index contributed by atoms with van der Waals surface area (Å²) in [6, 6.07) is 8.15. The van der Waals surface area contributed by atoms with E-state index in [0.717, 1.165) is 38.2 Å². The van der Waals surface area contributed by atoms with E-state index in [1.165, 1.54) is 18.4 Å². The fourth-order valence-corrected chi connectivity index (χ4v) is 5.40. The molecule has 7 heteroatoms. The van der Waals surface area contributed by atoms with Crippen LogP contribution >= 0.6 is 0 Å². The maximum atomic E-state index is 12.9. The van der Waals surface area contributed by atoms with Crippen molar-refractivity contribution < 1.29 is 14.7 Å². The second-order valence-corrected chi connectivity index (χ2v) is 9.02. The van der Waals surface area contributed by atoms with Crippen molar-refractivity contribution in [2.45, 2.75) is 49.2 Å². The number of β-amino-alcohol motifs (C(OH)–C–C–N with tert-alkyl or cyclic N) is 1. The topological polar surface area (TPSA) is 90.1 Å². The van der Waals surface area contributed by atoms with Crippen LogP contribution in [-0.4, -0.2) is 71.2 Å². The molecule has 3 saturated heterocycles. The Morgan fingerprint density at radius 1 is 1.18 bits per heavy atom. The zero-order valence-corrected chi connectivity index (χ0v) is 16.1. The number of fused-ring (bicyclic) bond motifs is 1. The summed E-state index contributed by atoms with van der Waals surface area (Å²) in [7, 11) is 0. The summed E-state index contributed by atoms with van der Waals surface area (Å²) in [5, 5.41) is 9.78. The number of likely N-dealkylation sites (tertiary alicyclic amines) is 1. The van der Waals surface area contributed by atoms with Crippen LogP contribution in [0.2, 0.25) is 0 Å². The van der Waals surface area contributed by atoms with E-state index in [1.54, 1.807) is 9.80 Å². The fraction of sp³-hybridized carbons (Fsp3) is 0.619. The number of amides is 3. The third-order valence-corrected chi connectivity index (χ3v) is 7.25. The summed E-state index contributed by atoms with van der Waals surface area (Å²) in [6.07, 6.45) is 4.49. The normalized spacial score (nSPS) is 31.5. The number of carbonyl (C=O) groups excluding carboxylic acids is 2. The molecule has 0 spiro atoms. The van der Waals surface area contributed by atoms with Gasteiger partial charge in [0.2, 0.25) is 5.91 Å². The maximum absolute atomic E-state index is 12.9. The van der Waals surface area contributed by atoms with Gasteiger partial charge in [-0.15, -0.1) is 0 Å². The van der Waals surface area contributed by atoms with Crippen LogP contribution in [0, 0.1) is 0 Å². The number of nitrogens with zero attached hydrogens (tertiary/aromatic N) is 3. The molecule has 0 bridgehead atoms. The first kappa shape index (κ1) is 17.9. The van der Waals surface area contributed by atoms with Crippen molar-refractivity contribution in [3.63, 3.8) is 0 Å². The Bertz CT molecular complexity index is 806. The van der Waals surface area contributed by atoms with Gasteiger partial charge >= 0.3 is 6.03 Å². The molecule has 1 aromatic carbocycles. The smallest absolute Gasteiger partial charge is 0.325 e. The quantitative estimate of drug-likeness (QED) is 0.794.